The highest BCUT2D eigenvalue weighted by Crippen LogP contribution is 2.36. The minimum atomic E-state index is -0.533. The van der Waals surface area contributed by atoms with E-state index >= 15 is 0 Å². The van der Waals surface area contributed by atoms with Crippen molar-refractivity contribution < 1.29 is 4.79 Å². The van der Waals surface area contributed by atoms with Crippen LogP contribution in [0.2, 0.25) is 0 Å². The summed E-state index contributed by atoms with van der Waals surface area (Å²) in [5.74, 6) is 0.399. The van der Waals surface area contributed by atoms with Crippen LogP contribution in [0.25, 0.3) is 0 Å². The van der Waals surface area contributed by atoms with Crippen LogP contribution in [-0.4, -0.2) is 18.5 Å². The van der Waals surface area contributed by atoms with Crippen LogP contribution in [0, 0.1) is 23.2 Å². The van der Waals surface area contributed by atoms with Crippen LogP contribution in [0.4, 0.5) is 0 Å². The molecule has 0 fully saturated rings. The third-order valence-electron chi connectivity index (χ3n) is 5.84. The molecule has 2 aromatic carbocycles. The molecule has 0 aliphatic carbocycles. The molecule has 2 N–H and O–H groups in total. The third kappa shape index (κ3) is 6.18. The zero-order valence-corrected chi connectivity index (χ0v) is 18.7. The van der Waals surface area contributed by atoms with E-state index in [4.69, 9.17) is 0 Å². The normalized spacial score (nSPS) is 14.2. The number of benzene rings is 2. The SMILES string of the molecule is CC(C)[C@H](NCc1ccccc1)C(=O)NCCC[C@@](C#N)(c1ccccc1)C(C)C. The first-order valence-electron chi connectivity index (χ1n) is 10.9. The topological polar surface area (TPSA) is 64.9 Å². The van der Waals surface area contributed by atoms with Gasteiger partial charge in [-0.2, -0.15) is 5.26 Å². The van der Waals surface area contributed by atoms with E-state index in [1.54, 1.807) is 0 Å². The zero-order chi connectivity index (χ0) is 22.0. The van der Waals surface area contributed by atoms with Crippen molar-refractivity contribution in [3.8, 4) is 6.07 Å². The summed E-state index contributed by atoms with van der Waals surface area (Å²) in [5, 5.41) is 16.5. The van der Waals surface area contributed by atoms with Crippen molar-refractivity contribution in [2.24, 2.45) is 11.8 Å². The summed E-state index contributed by atoms with van der Waals surface area (Å²) in [7, 11) is 0. The summed E-state index contributed by atoms with van der Waals surface area (Å²) in [6.45, 7) is 9.52. The van der Waals surface area contributed by atoms with Gasteiger partial charge in [0.1, 0.15) is 0 Å². The molecule has 0 aromatic heterocycles. The average Bonchev–Trinajstić information content (AvgIpc) is 2.75. The van der Waals surface area contributed by atoms with Crippen molar-refractivity contribution >= 4 is 5.91 Å². The van der Waals surface area contributed by atoms with E-state index in [0.717, 1.165) is 24.0 Å². The molecule has 4 nitrogen and oxygen atoms in total. The van der Waals surface area contributed by atoms with Crippen LogP contribution in [0.3, 0.4) is 0 Å². The Morgan fingerprint density at radius 2 is 1.60 bits per heavy atom. The quantitative estimate of drug-likeness (QED) is 0.527. The molecule has 0 aliphatic heterocycles. The van der Waals surface area contributed by atoms with Gasteiger partial charge in [-0.05, 0) is 35.8 Å². The molecule has 4 heteroatoms. The third-order valence-corrected chi connectivity index (χ3v) is 5.84. The first-order valence-corrected chi connectivity index (χ1v) is 10.9. The fourth-order valence-electron chi connectivity index (χ4n) is 3.90. The van der Waals surface area contributed by atoms with Gasteiger partial charge in [0.2, 0.25) is 5.91 Å². The fraction of sp³-hybridized carbons (Fsp3) is 0.462. The van der Waals surface area contributed by atoms with E-state index in [1.807, 2.05) is 48.5 Å². The van der Waals surface area contributed by atoms with Gasteiger partial charge in [-0.15, -0.1) is 0 Å². The van der Waals surface area contributed by atoms with Crippen molar-refractivity contribution in [3.63, 3.8) is 0 Å². The summed E-state index contributed by atoms with van der Waals surface area (Å²) in [5.41, 5.74) is 1.68. The maximum absolute atomic E-state index is 12.8. The second-order valence-corrected chi connectivity index (χ2v) is 8.59. The number of nitrogens with zero attached hydrogens (tertiary/aromatic N) is 1. The van der Waals surface area contributed by atoms with E-state index in [1.165, 1.54) is 0 Å². The predicted octanol–water partition coefficient (Wildman–Crippen LogP) is 4.81. The fourth-order valence-corrected chi connectivity index (χ4v) is 3.90. The first-order chi connectivity index (χ1) is 14.4. The van der Waals surface area contributed by atoms with Crippen molar-refractivity contribution in [2.45, 2.75) is 58.5 Å². The Hall–Kier alpha value is -2.64. The van der Waals surface area contributed by atoms with Crippen LogP contribution in [0.15, 0.2) is 60.7 Å². The molecular formula is C26H35N3O. The smallest absolute Gasteiger partial charge is 0.237 e. The highest BCUT2D eigenvalue weighted by molar-refractivity contribution is 5.81. The Bertz CT molecular complexity index is 811. The molecule has 0 saturated carbocycles. The molecule has 0 radical (unpaired) electrons. The van der Waals surface area contributed by atoms with Gasteiger partial charge in [0.15, 0.2) is 0 Å². The monoisotopic (exact) mass is 405 g/mol. The molecule has 1 amide bonds. The van der Waals surface area contributed by atoms with Gasteiger partial charge in [0.05, 0.1) is 17.5 Å². The molecule has 0 aliphatic rings. The summed E-state index contributed by atoms with van der Waals surface area (Å²) in [6.07, 6.45) is 1.48. The summed E-state index contributed by atoms with van der Waals surface area (Å²) in [4.78, 5) is 12.8. The Kier molecular flexibility index (Phi) is 9.08. The maximum Gasteiger partial charge on any atom is 0.237 e. The molecule has 30 heavy (non-hydrogen) atoms. The summed E-state index contributed by atoms with van der Waals surface area (Å²) < 4.78 is 0. The Morgan fingerprint density at radius 3 is 2.13 bits per heavy atom. The Labute approximate surface area is 181 Å². The highest BCUT2D eigenvalue weighted by atomic mass is 16.2. The van der Waals surface area contributed by atoms with Gasteiger partial charge in [0, 0.05) is 13.1 Å². The molecule has 2 aromatic rings. The Morgan fingerprint density at radius 1 is 1.00 bits per heavy atom. The highest BCUT2D eigenvalue weighted by Gasteiger charge is 2.35. The number of nitrogens with one attached hydrogen (secondary N) is 2. The predicted molar refractivity (Wildman–Crippen MR) is 123 cm³/mol. The molecule has 0 bridgehead atoms. The second-order valence-electron chi connectivity index (χ2n) is 8.59. The number of nitriles is 1. The van der Waals surface area contributed by atoms with Gasteiger partial charge >= 0.3 is 0 Å². The average molecular weight is 406 g/mol. The second kappa shape index (κ2) is 11.5. The van der Waals surface area contributed by atoms with E-state index in [-0.39, 0.29) is 23.8 Å². The molecule has 0 unspecified atom stereocenters. The van der Waals surface area contributed by atoms with Crippen LogP contribution >= 0.6 is 0 Å². The van der Waals surface area contributed by atoms with Crippen LogP contribution in [0.1, 0.15) is 51.7 Å². The number of hydrogen-bond acceptors (Lipinski definition) is 3. The van der Waals surface area contributed by atoms with Crippen LogP contribution in [0.5, 0.6) is 0 Å². The number of carbonyl (C=O) groups excluding carboxylic acids is 1. The number of carbonyl (C=O) groups is 1. The van der Waals surface area contributed by atoms with Gasteiger partial charge in [0.25, 0.3) is 0 Å². The maximum atomic E-state index is 12.8. The van der Waals surface area contributed by atoms with Gasteiger partial charge < -0.3 is 10.6 Å². The van der Waals surface area contributed by atoms with Crippen molar-refractivity contribution in [1.29, 1.82) is 5.26 Å². The van der Waals surface area contributed by atoms with Crippen LogP contribution < -0.4 is 10.6 Å². The summed E-state index contributed by atoms with van der Waals surface area (Å²) in [6, 6.07) is 22.4. The lowest BCUT2D eigenvalue weighted by atomic mass is 9.70. The van der Waals surface area contributed by atoms with Crippen molar-refractivity contribution in [2.75, 3.05) is 6.54 Å². The molecule has 0 heterocycles. The van der Waals surface area contributed by atoms with Gasteiger partial charge in [-0.1, -0.05) is 88.4 Å². The molecule has 0 spiro atoms. The minimum Gasteiger partial charge on any atom is -0.355 e. The number of rotatable bonds is 11. The van der Waals surface area contributed by atoms with Crippen molar-refractivity contribution in [1.82, 2.24) is 10.6 Å². The van der Waals surface area contributed by atoms with Crippen LogP contribution in [-0.2, 0) is 16.8 Å². The van der Waals surface area contributed by atoms with Gasteiger partial charge in [-0.3, -0.25) is 4.79 Å². The number of hydrogen-bond donors (Lipinski definition) is 2. The molecule has 2 rings (SSSR count). The first kappa shape index (κ1) is 23.6. The minimum absolute atomic E-state index is 0.0211. The van der Waals surface area contributed by atoms with E-state index in [9.17, 15) is 10.1 Å². The standard InChI is InChI=1S/C26H35N3O/c1-20(2)24(29-18-22-12-7-5-8-13-22)25(30)28-17-11-16-26(19-27,21(3)4)23-14-9-6-10-15-23/h5-10,12-15,20-21,24,29H,11,16-18H2,1-4H3,(H,28,30)/t24-,26-/m0/s1. The molecule has 0 saturated heterocycles. The molecular weight excluding hydrogens is 370 g/mol. The van der Waals surface area contributed by atoms with E-state index < -0.39 is 5.41 Å². The lowest BCUT2D eigenvalue weighted by Gasteiger charge is -2.31. The molecule has 2 atom stereocenters. The number of amides is 1. The zero-order valence-electron chi connectivity index (χ0n) is 18.7. The Balaban J connectivity index is 1.91. The lowest BCUT2D eigenvalue weighted by molar-refractivity contribution is -0.124. The van der Waals surface area contributed by atoms with E-state index in [2.05, 4.69) is 56.5 Å². The lowest BCUT2D eigenvalue weighted by Crippen LogP contribution is -2.47. The summed E-state index contributed by atoms with van der Waals surface area (Å²) >= 11 is 0. The molecule has 160 valence electrons. The van der Waals surface area contributed by atoms with Crippen molar-refractivity contribution in [3.05, 3.63) is 71.8 Å². The van der Waals surface area contributed by atoms with Gasteiger partial charge in [-0.25, -0.2) is 0 Å². The van der Waals surface area contributed by atoms with E-state index in [0.29, 0.717) is 13.1 Å². The largest absolute Gasteiger partial charge is 0.355 e.